The molecule has 0 amide bonds. The largest absolute Gasteiger partial charge is 0.502 e. The van der Waals surface area contributed by atoms with Crippen molar-refractivity contribution in [3.05, 3.63) is 33.9 Å². The molecule has 0 fully saturated rings. The van der Waals surface area contributed by atoms with E-state index in [9.17, 15) is 10.1 Å². The van der Waals surface area contributed by atoms with E-state index in [-0.39, 0.29) is 11.4 Å². The van der Waals surface area contributed by atoms with Crippen molar-refractivity contribution in [2.75, 3.05) is 7.11 Å². The Hall–Kier alpha value is -2.11. The van der Waals surface area contributed by atoms with Gasteiger partial charge in [-0.25, -0.2) is 0 Å². The molecule has 1 aromatic rings. The number of nitro groups is 1. The van der Waals surface area contributed by atoms with Gasteiger partial charge in [0, 0.05) is 11.6 Å². The minimum absolute atomic E-state index is 0.356. The maximum absolute atomic E-state index is 10.4. The van der Waals surface area contributed by atoms with Crippen LogP contribution in [0.5, 0.6) is 5.75 Å². The predicted molar refractivity (Wildman–Crippen MR) is 49.4 cm³/mol. The molecule has 0 unspecified atom stereocenters. The summed E-state index contributed by atoms with van der Waals surface area (Å²) in [6, 6.07) is 3.93. The van der Waals surface area contributed by atoms with Crippen LogP contribution < -0.4 is 0 Å². The van der Waals surface area contributed by atoms with Gasteiger partial charge in [0.2, 0.25) is 0 Å². The van der Waals surface area contributed by atoms with E-state index in [1.54, 1.807) is 0 Å². The number of rotatable bonds is 3. The summed E-state index contributed by atoms with van der Waals surface area (Å²) in [5, 5.41) is 23.0. The van der Waals surface area contributed by atoms with Crippen LogP contribution in [0, 0.1) is 10.1 Å². The van der Waals surface area contributed by atoms with Crippen molar-refractivity contribution in [3.63, 3.8) is 0 Å². The monoisotopic (exact) mass is 196 g/mol. The molecule has 6 heteroatoms. The Kier molecular flexibility index (Phi) is 3.01. The number of oxime groups is 1. The Bertz CT molecular complexity index is 376. The van der Waals surface area contributed by atoms with E-state index in [0.717, 1.165) is 0 Å². The Balaban J connectivity index is 3.06. The quantitative estimate of drug-likeness (QED) is 0.448. The maximum atomic E-state index is 10.4. The first-order valence-corrected chi connectivity index (χ1v) is 3.69. The highest BCUT2D eigenvalue weighted by Gasteiger charge is 2.12. The molecule has 0 radical (unpaired) electrons. The summed E-state index contributed by atoms with van der Waals surface area (Å²) in [5.74, 6) is -0.371. The van der Waals surface area contributed by atoms with Gasteiger partial charge in [-0.3, -0.25) is 10.1 Å². The molecule has 74 valence electrons. The Morgan fingerprint density at radius 1 is 1.64 bits per heavy atom. The van der Waals surface area contributed by atoms with Crippen molar-refractivity contribution in [2.24, 2.45) is 5.16 Å². The normalized spacial score (nSPS) is 10.4. The van der Waals surface area contributed by atoms with Crippen LogP contribution in [0.4, 0.5) is 5.69 Å². The fourth-order valence-electron chi connectivity index (χ4n) is 0.881. The maximum Gasteiger partial charge on any atom is 0.311 e. The lowest BCUT2D eigenvalue weighted by Crippen LogP contribution is -1.90. The number of hydrogen-bond donors (Lipinski definition) is 1. The molecule has 0 atom stereocenters. The van der Waals surface area contributed by atoms with E-state index in [2.05, 4.69) is 9.99 Å². The molecule has 0 aromatic heterocycles. The Morgan fingerprint density at radius 2 is 2.36 bits per heavy atom. The van der Waals surface area contributed by atoms with Gasteiger partial charge in [-0.05, 0) is 12.1 Å². The van der Waals surface area contributed by atoms with Crippen molar-refractivity contribution in [1.82, 2.24) is 0 Å². The number of phenolic OH excluding ortho intramolecular Hbond substituents is 1. The topological polar surface area (TPSA) is 85.0 Å². The molecule has 0 aliphatic rings. The number of nitro benzene ring substituents is 1. The molecule has 1 rings (SSSR count). The van der Waals surface area contributed by atoms with Crippen LogP contribution in [0.2, 0.25) is 0 Å². The minimum Gasteiger partial charge on any atom is -0.502 e. The molecular weight excluding hydrogens is 188 g/mol. The van der Waals surface area contributed by atoms with E-state index in [1.165, 1.54) is 31.5 Å². The fraction of sp³-hybridized carbons (Fsp3) is 0.125. The molecule has 0 bridgehead atoms. The molecule has 0 aliphatic heterocycles. The van der Waals surface area contributed by atoms with Gasteiger partial charge in [-0.2, -0.15) is 0 Å². The fourth-order valence-corrected chi connectivity index (χ4v) is 0.881. The number of aromatic hydroxyl groups is 1. The third-order valence-corrected chi connectivity index (χ3v) is 1.50. The van der Waals surface area contributed by atoms with Gasteiger partial charge in [0.1, 0.15) is 7.11 Å². The highest BCUT2D eigenvalue weighted by molar-refractivity contribution is 5.81. The van der Waals surface area contributed by atoms with Crippen LogP contribution in [-0.4, -0.2) is 23.4 Å². The molecule has 6 nitrogen and oxygen atoms in total. The molecule has 14 heavy (non-hydrogen) atoms. The lowest BCUT2D eigenvalue weighted by molar-refractivity contribution is -0.385. The van der Waals surface area contributed by atoms with Crippen molar-refractivity contribution in [3.8, 4) is 5.75 Å². The van der Waals surface area contributed by atoms with Crippen molar-refractivity contribution >= 4 is 11.9 Å². The van der Waals surface area contributed by atoms with Crippen LogP contribution >= 0.6 is 0 Å². The highest BCUT2D eigenvalue weighted by Crippen LogP contribution is 2.25. The van der Waals surface area contributed by atoms with E-state index in [1.807, 2.05) is 0 Å². The summed E-state index contributed by atoms with van der Waals surface area (Å²) in [6.07, 6.45) is 1.31. The van der Waals surface area contributed by atoms with Gasteiger partial charge in [-0.1, -0.05) is 5.16 Å². The molecule has 0 saturated carbocycles. The zero-order valence-corrected chi connectivity index (χ0v) is 7.38. The Morgan fingerprint density at radius 3 is 2.93 bits per heavy atom. The van der Waals surface area contributed by atoms with Crippen LogP contribution in [0.1, 0.15) is 5.56 Å². The van der Waals surface area contributed by atoms with Gasteiger partial charge in [0.25, 0.3) is 0 Å². The van der Waals surface area contributed by atoms with Crippen molar-refractivity contribution in [2.45, 2.75) is 0 Å². The smallest absolute Gasteiger partial charge is 0.311 e. The number of hydrogen-bond acceptors (Lipinski definition) is 5. The van der Waals surface area contributed by atoms with Gasteiger partial charge in [0.15, 0.2) is 5.75 Å². The molecule has 0 aliphatic carbocycles. The van der Waals surface area contributed by atoms with Crippen LogP contribution in [-0.2, 0) is 4.84 Å². The molecule has 1 aromatic carbocycles. The molecule has 0 saturated heterocycles. The predicted octanol–water partition coefficient (Wildman–Crippen LogP) is 1.28. The summed E-state index contributed by atoms with van der Waals surface area (Å²) >= 11 is 0. The summed E-state index contributed by atoms with van der Waals surface area (Å²) < 4.78 is 0. The number of benzene rings is 1. The van der Waals surface area contributed by atoms with Gasteiger partial charge >= 0.3 is 5.69 Å². The number of phenols is 1. The lowest BCUT2D eigenvalue weighted by Gasteiger charge is -1.96. The van der Waals surface area contributed by atoms with Gasteiger partial charge in [0.05, 0.1) is 11.1 Å². The second kappa shape index (κ2) is 4.22. The third-order valence-electron chi connectivity index (χ3n) is 1.50. The van der Waals surface area contributed by atoms with Crippen molar-refractivity contribution < 1.29 is 14.9 Å². The zero-order chi connectivity index (χ0) is 10.6. The van der Waals surface area contributed by atoms with E-state index in [0.29, 0.717) is 5.56 Å². The number of nitrogens with zero attached hydrogens (tertiary/aromatic N) is 2. The highest BCUT2D eigenvalue weighted by atomic mass is 16.6. The second-order valence-corrected chi connectivity index (χ2v) is 2.42. The van der Waals surface area contributed by atoms with Gasteiger partial charge < -0.3 is 9.94 Å². The van der Waals surface area contributed by atoms with Gasteiger partial charge in [-0.15, -0.1) is 0 Å². The molecule has 1 N–H and O–H groups in total. The molecule has 0 spiro atoms. The van der Waals surface area contributed by atoms with Crippen LogP contribution in [0.25, 0.3) is 0 Å². The standard InChI is InChI=1S/C8H8N2O4/c1-14-9-5-6-2-3-8(11)7(4-6)10(12)13/h2-5,11H,1H3/b9-5+. The first-order chi connectivity index (χ1) is 6.65. The first-order valence-electron chi connectivity index (χ1n) is 3.69. The minimum atomic E-state index is -0.667. The van der Waals surface area contributed by atoms with Crippen molar-refractivity contribution in [1.29, 1.82) is 0 Å². The summed E-state index contributed by atoms with van der Waals surface area (Å²) in [6.45, 7) is 0. The van der Waals surface area contributed by atoms with E-state index >= 15 is 0 Å². The second-order valence-electron chi connectivity index (χ2n) is 2.42. The summed E-state index contributed by atoms with van der Waals surface area (Å²) in [7, 11) is 1.37. The van der Waals surface area contributed by atoms with E-state index in [4.69, 9.17) is 5.11 Å². The SMILES string of the molecule is CO/N=C/c1ccc(O)c([N+](=O)[O-])c1. The summed E-state index contributed by atoms with van der Waals surface area (Å²) in [4.78, 5) is 14.2. The average molecular weight is 196 g/mol. The zero-order valence-electron chi connectivity index (χ0n) is 7.38. The average Bonchev–Trinajstić information content (AvgIpc) is 2.16. The van der Waals surface area contributed by atoms with Crippen LogP contribution in [0.15, 0.2) is 23.4 Å². The first kappa shape index (κ1) is 9.97. The summed E-state index contributed by atoms with van der Waals surface area (Å²) in [5.41, 5.74) is 0.126. The van der Waals surface area contributed by atoms with E-state index < -0.39 is 4.92 Å². The molecular formula is C8H8N2O4. The Labute approximate surface area is 79.6 Å². The molecule has 0 heterocycles. The van der Waals surface area contributed by atoms with Crippen LogP contribution in [0.3, 0.4) is 0 Å². The lowest BCUT2D eigenvalue weighted by atomic mass is 10.2. The third kappa shape index (κ3) is 2.19.